The number of aromatic hydroxyl groups is 1. The van der Waals surface area contributed by atoms with E-state index in [2.05, 4.69) is 15.2 Å². The van der Waals surface area contributed by atoms with Gasteiger partial charge in [-0.2, -0.15) is 23.1 Å². The van der Waals surface area contributed by atoms with E-state index in [1.807, 2.05) is 4.90 Å². The smallest absolute Gasteiger partial charge is 0.419 e. The van der Waals surface area contributed by atoms with Gasteiger partial charge in [-0.05, 0) is 64.1 Å². The van der Waals surface area contributed by atoms with Crippen molar-refractivity contribution in [3.8, 4) is 11.8 Å². The summed E-state index contributed by atoms with van der Waals surface area (Å²) < 4.78 is 48.1. The third-order valence-corrected chi connectivity index (χ3v) is 10.00. The number of phenols is 1. The van der Waals surface area contributed by atoms with E-state index in [1.54, 1.807) is 0 Å². The number of fused-ring (bicyclic) bond motifs is 4. The molecule has 0 radical (unpaired) electrons. The lowest BCUT2D eigenvalue weighted by atomic mass is 9.91. The molecule has 1 aromatic heterocycles. The molecule has 42 heavy (non-hydrogen) atoms. The van der Waals surface area contributed by atoms with Gasteiger partial charge in [-0.1, -0.05) is 11.6 Å². The molecular weight excluding hydrogens is 577 g/mol. The number of anilines is 2. The second-order valence-electron chi connectivity index (χ2n) is 12.2. The Morgan fingerprint density at radius 1 is 1.00 bits per heavy atom. The van der Waals surface area contributed by atoms with E-state index < -0.39 is 28.3 Å². The molecule has 1 aromatic carbocycles. The molecule has 2 bridgehead atoms. The zero-order valence-electron chi connectivity index (χ0n) is 23.0. The molecule has 0 spiro atoms. The zero-order chi connectivity index (χ0) is 29.4. The largest absolute Gasteiger partial charge is 0.508 e. The van der Waals surface area contributed by atoms with E-state index in [9.17, 15) is 28.5 Å². The van der Waals surface area contributed by atoms with Gasteiger partial charge in [0.15, 0.2) is 0 Å². The van der Waals surface area contributed by atoms with Crippen LogP contribution >= 0.6 is 11.6 Å². The van der Waals surface area contributed by atoms with Gasteiger partial charge in [0.25, 0.3) is 0 Å². The predicted molar refractivity (Wildman–Crippen MR) is 148 cm³/mol. The number of hydrogen-bond donors (Lipinski definition) is 4. The molecule has 0 saturated carbocycles. The Labute approximate surface area is 246 Å². The van der Waals surface area contributed by atoms with Gasteiger partial charge in [0.2, 0.25) is 0 Å². The van der Waals surface area contributed by atoms with E-state index in [1.165, 1.54) is 4.90 Å². The standard InChI is InChI=1S/C28H34ClF3N6O4/c29-20-11-18(39)12-22(23(20)27(30,31)32)36-10-5-19-21(15-36)34-25(35-24(19)37-13-16-3-4-17(14-37)33-16)42-28(40,41)26-6-1-8-38(26)9-2-7-26/h11-12,16-17,33,39-41H,1-10,13-15H2. The van der Waals surface area contributed by atoms with Crippen LogP contribution in [0, 0.1) is 0 Å². The first-order valence-electron chi connectivity index (χ1n) is 14.6. The molecule has 228 valence electrons. The second-order valence-corrected chi connectivity index (χ2v) is 12.6. The zero-order valence-corrected chi connectivity index (χ0v) is 23.8. The quantitative estimate of drug-likeness (QED) is 0.377. The van der Waals surface area contributed by atoms with E-state index in [4.69, 9.17) is 21.3 Å². The van der Waals surface area contributed by atoms with E-state index in [-0.39, 0.29) is 30.5 Å². The van der Waals surface area contributed by atoms with Crippen LogP contribution in [0.4, 0.5) is 24.7 Å². The van der Waals surface area contributed by atoms with Crippen molar-refractivity contribution in [2.75, 3.05) is 42.5 Å². The molecule has 4 N–H and O–H groups in total. The van der Waals surface area contributed by atoms with Gasteiger partial charge in [-0.25, -0.2) is 0 Å². The van der Waals surface area contributed by atoms with Gasteiger partial charge in [0.1, 0.15) is 17.1 Å². The number of aromatic nitrogens is 2. The summed E-state index contributed by atoms with van der Waals surface area (Å²) in [5.74, 6) is -2.31. The Morgan fingerprint density at radius 2 is 1.69 bits per heavy atom. The number of benzene rings is 1. The summed E-state index contributed by atoms with van der Waals surface area (Å²) in [7, 11) is 0. The number of ether oxygens (including phenoxy) is 1. The van der Waals surface area contributed by atoms with Crippen LogP contribution in [0.15, 0.2) is 12.1 Å². The molecular formula is C28H34ClF3N6O4. The van der Waals surface area contributed by atoms with Crippen LogP contribution in [0.2, 0.25) is 5.02 Å². The molecule has 0 amide bonds. The van der Waals surface area contributed by atoms with Crippen LogP contribution < -0.4 is 19.9 Å². The molecule has 2 atom stereocenters. The normalized spacial score (nSPS) is 25.6. The highest BCUT2D eigenvalue weighted by Gasteiger charge is 2.60. The lowest BCUT2D eigenvalue weighted by Crippen LogP contribution is -2.62. The summed E-state index contributed by atoms with van der Waals surface area (Å²) in [6.45, 7) is 3.07. The number of alkyl halides is 3. The van der Waals surface area contributed by atoms with Crippen molar-refractivity contribution in [1.29, 1.82) is 0 Å². The molecule has 2 unspecified atom stereocenters. The van der Waals surface area contributed by atoms with Gasteiger partial charge in [-0.15, -0.1) is 0 Å². The Hall–Kier alpha value is -2.58. The first-order valence-corrected chi connectivity index (χ1v) is 15.0. The molecule has 4 saturated heterocycles. The second kappa shape index (κ2) is 9.98. The van der Waals surface area contributed by atoms with Crippen molar-refractivity contribution in [1.82, 2.24) is 20.2 Å². The highest BCUT2D eigenvalue weighted by Crippen LogP contribution is 2.47. The number of phenolic OH excluding ortho intramolecular Hbond substituents is 1. The minimum absolute atomic E-state index is 0.0376. The predicted octanol–water partition coefficient (Wildman–Crippen LogP) is 3.00. The third-order valence-electron chi connectivity index (χ3n) is 9.70. The molecule has 6 heterocycles. The third kappa shape index (κ3) is 4.64. The summed E-state index contributed by atoms with van der Waals surface area (Å²) in [4.78, 5) is 15.0. The molecule has 0 aliphatic carbocycles. The van der Waals surface area contributed by atoms with Gasteiger partial charge in [0.05, 0.1) is 28.5 Å². The highest BCUT2D eigenvalue weighted by atomic mass is 35.5. The van der Waals surface area contributed by atoms with Crippen molar-refractivity contribution in [3.05, 3.63) is 34.0 Å². The van der Waals surface area contributed by atoms with E-state index in [0.717, 1.165) is 56.5 Å². The van der Waals surface area contributed by atoms with Crippen molar-refractivity contribution >= 4 is 23.1 Å². The number of nitrogens with zero attached hydrogens (tertiary/aromatic N) is 5. The van der Waals surface area contributed by atoms with Crippen LogP contribution in [0.1, 0.15) is 55.3 Å². The number of hydrogen-bond acceptors (Lipinski definition) is 10. The maximum Gasteiger partial charge on any atom is 0.419 e. The summed E-state index contributed by atoms with van der Waals surface area (Å²) in [6, 6.07) is 2.31. The molecule has 7 rings (SSSR count). The maximum atomic E-state index is 14.1. The number of rotatable bonds is 5. The van der Waals surface area contributed by atoms with Crippen molar-refractivity contribution < 1.29 is 33.2 Å². The van der Waals surface area contributed by atoms with Gasteiger partial charge in [-0.3, -0.25) is 4.90 Å². The Kier molecular flexibility index (Phi) is 6.70. The van der Waals surface area contributed by atoms with Crippen molar-refractivity contribution in [3.63, 3.8) is 0 Å². The highest BCUT2D eigenvalue weighted by molar-refractivity contribution is 6.32. The molecule has 5 aliphatic heterocycles. The average Bonchev–Trinajstić information content (AvgIpc) is 3.61. The summed E-state index contributed by atoms with van der Waals surface area (Å²) in [6.07, 6.45) is 0.431. The van der Waals surface area contributed by atoms with Crippen LogP contribution in [-0.4, -0.2) is 86.5 Å². The topological polar surface area (TPSA) is 117 Å². The lowest BCUT2D eigenvalue weighted by molar-refractivity contribution is -0.349. The lowest BCUT2D eigenvalue weighted by Gasteiger charge is -2.42. The van der Waals surface area contributed by atoms with E-state index >= 15 is 0 Å². The Morgan fingerprint density at radius 3 is 2.36 bits per heavy atom. The Balaban J connectivity index is 1.28. The monoisotopic (exact) mass is 610 g/mol. The van der Waals surface area contributed by atoms with E-state index in [0.29, 0.717) is 55.9 Å². The van der Waals surface area contributed by atoms with Crippen LogP contribution in [0.3, 0.4) is 0 Å². The molecule has 4 fully saturated rings. The molecule has 2 aromatic rings. The molecule has 14 heteroatoms. The van der Waals surface area contributed by atoms with Crippen molar-refractivity contribution in [2.24, 2.45) is 0 Å². The fraction of sp³-hybridized carbons (Fsp3) is 0.643. The van der Waals surface area contributed by atoms with Crippen LogP contribution in [0.25, 0.3) is 0 Å². The van der Waals surface area contributed by atoms with Crippen LogP contribution in [-0.2, 0) is 19.1 Å². The fourth-order valence-electron chi connectivity index (χ4n) is 7.84. The molecule has 5 aliphatic rings. The average molecular weight is 611 g/mol. The fourth-order valence-corrected chi connectivity index (χ4v) is 8.16. The van der Waals surface area contributed by atoms with Crippen LogP contribution in [0.5, 0.6) is 11.8 Å². The summed E-state index contributed by atoms with van der Waals surface area (Å²) >= 11 is 5.98. The Bertz CT molecular complexity index is 1370. The number of halogens is 4. The minimum Gasteiger partial charge on any atom is -0.508 e. The number of piperazine rings is 1. The molecule has 10 nitrogen and oxygen atoms in total. The minimum atomic E-state index is -4.74. The number of nitrogens with one attached hydrogen (secondary N) is 1. The van der Waals surface area contributed by atoms with Gasteiger partial charge < -0.3 is 35.2 Å². The summed E-state index contributed by atoms with van der Waals surface area (Å²) in [5, 5.41) is 35.8. The number of aliphatic hydroxyl groups is 2. The first-order chi connectivity index (χ1) is 19.9. The van der Waals surface area contributed by atoms with Gasteiger partial charge >= 0.3 is 18.2 Å². The maximum absolute atomic E-state index is 14.1. The summed E-state index contributed by atoms with van der Waals surface area (Å²) in [5.41, 5.74) is -1.01. The first kappa shape index (κ1) is 28.2. The van der Waals surface area contributed by atoms with Gasteiger partial charge in [0, 0.05) is 43.3 Å². The SMILES string of the molecule is Oc1cc(Cl)c(C(F)(F)F)c(N2CCc3c(nc(OC(O)(O)C45CCCN4CCC5)nc3N3CC4CCC(C3)N4)C2)c1. The van der Waals surface area contributed by atoms with Crippen molar-refractivity contribution in [2.45, 2.75) is 81.3 Å².